The molecule has 1 aliphatic carbocycles. The van der Waals surface area contributed by atoms with Crippen LogP contribution in [0.5, 0.6) is 0 Å². The Hall–Kier alpha value is -3.15. The Morgan fingerprint density at radius 1 is 1.07 bits per heavy atom. The minimum atomic E-state index is -0.245. The first-order chi connectivity index (χ1) is 14.4. The van der Waals surface area contributed by atoms with Crippen molar-refractivity contribution in [3.05, 3.63) is 53.6 Å². The molecular weight excluding hydrogens is 378 g/mol. The molecule has 1 aliphatic heterocycles. The first-order valence-corrected chi connectivity index (χ1v) is 10.5. The van der Waals surface area contributed by atoms with E-state index in [9.17, 15) is 14.4 Å². The monoisotopic (exact) mass is 407 g/mol. The summed E-state index contributed by atoms with van der Waals surface area (Å²) in [6.45, 7) is 1.72. The number of anilines is 1. The summed E-state index contributed by atoms with van der Waals surface area (Å²) in [5.74, 6) is -0.102. The molecule has 2 aromatic carbocycles. The maximum absolute atomic E-state index is 12.6. The SMILES string of the molecule is CCC(N)=O.CN(C(=O)c1ccc(-c2ccc3c(c2)CC(=O)N3)cc1)C1CCCC1. The van der Waals surface area contributed by atoms with Crippen LogP contribution in [-0.2, 0) is 16.0 Å². The van der Waals surface area contributed by atoms with Gasteiger partial charge in [0.05, 0.1) is 6.42 Å². The van der Waals surface area contributed by atoms with Gasteiger partial charge in [0.2, 0.25) is 11.8 Å². The molecule has 0 unspecified atom stereocenters. The summed E-state index contributed by atoms with van der Waals surface area (Å²) in [6, 6.07) is 14.2. The lowest BCUT2D eigenvalue weighted by Crippen LogP contribution is -2.35. The maximum Gasteiger partial charge on any atom is 0.253 e. The molecule has 0 atom stereocenters. The van der Waals surface area contributed by atoms with Crippen LogP contribution in [0.1, 0.15) is 54.9 Å². The number of fused-ring (bicyclic) bond motifs is 1. The average molecular weight is 408 g/mol. The molecule has 4 rings (SSSR count). The summed E-state index contributed by atoms with van der Waals surface area (Å²) >= 11 is 0. The molecule has 2 aromatic rings. The molecule has 1 saturated carbocycles. The number of primary amides is 1. The fourth-order valence-electron chi connectivity index (χ4n) is 3.88. The fraction of sp³-hybridized carbons (Fsp3) is 0.375. The molecule has 0 bridgehead atoms. The number of nitrogens with one attached hydrogen (secondary N) is 1. The largest absolute Gasteiger partial charge is 0.370 e. The van der Waals surface area contributed by atoms with Gasteiger partial charge < -0.3 is 16.0 Å². The molecule has 158 valence electrons. The topological polar surface area (TPSA) is 92.5 Å². The second-order valence-electron chi connectivity index (χ2n) is 7.85. The summed E-state index contributed by atoms with van der Waals surface area (Å²) in [4.78, 5) is 35.6. The minimum absolute atomic E-state index is 0.0445. The Kier molecular flexibility index (Phi) is 6.87. The molecule has 0 radical (unpaired) electrons. The van der Waals surface area contributed by atoms with Gasteiger partial charge in [-0.25, -0.2) is 0 Å². The van der Waals surface area contributed by atoms with Crippen LogP contribution in [-0.4, -0.2) is 35.7 Å². The van der Waals surface area contributed by atoms with E-state index in [1.165, 1.54) is 12.8 Å². The van der Waals surface area contributed by atoms with Crippen LogP contribution >= 0.6 is 0 Å². The number of amides is 3. The molecular formula is C24H29N3O3. The van der Waals surface area contributed by atoms with Gasteiger partial charge in [0.15, 0.2) is 0 Å². The van der Waals surface area contributed by atoms with Crippen molar-refractivity contribution in [1.82, 2.24) is 4.90 Å². The van der Waals surface area contributed by atoms with Gasteiger partial charge >= 0.3 is 0 Å². The maximum atomic E-state index is 12.6. The molecule has 6 nitrogen and oxygen atoms in total. The summed E-state index contributed by atoms with van der Waals surface area (Å²) in [5, 5.41) is 2.85. The van der Waals surface area contributed by atoms with Crippen LogP contribution in [0.4, 0.5) is 5.69 Å². The number of rotatable bonds is 4. The Morgan fingerprint density at radius 2 is 1.67 bits per heavy atom. The second kappa shape index (κ2) is 9.57. The minimum Gasteiger partial charge on any atom is -0.370 e. The number of carbonyl (C=O) groups is 3. The number of carbonyl (C=O) groups excluding carboxylic acids is 3. The second-order valence-corrected chi connectivity index (χ2v) is 7.85. The fourth-order valence-corrected chi connectivity index (χ4v) is 3.88. The lowest BCUT2D eigenvalue weighted by Gasteiger charge is -2.24. The van der Waals surface area contributed by atoms with E-state index in [0.29, 0.717) is 18.9 Å². The van der Waals surface area contributed by atoms with Crippen molar-refractivity contribution in [3.63, 3.8) is 0 Å². The highest BCUT2D eigenvalue weighted by Crippen LogP contribution is 2.29. The molecule has 6 heteroatoms. The number of nitrogens with two attached hydrogens (primary N) is 1. The first kappa shape index (κ1) is 21.6. The van der Waals surface area contributed by atoms with Crippen LogP contribution in [0.2, 0.25) is 0 Å². The van der Waals surface area contributed by atoms with Crippen LogP contribution < -0.4 is 11.1 Å². The van der Waals surface area contributed by atoms with E-state index in [2.05, 4.69) is 17.1 Å². The van der Waals surface area contributed by atoms with Crippen LogP contribution in [0.15, 0.2) is 42.5 Å². The molecule has 30 heavy (non-hydrogen) atoms. The van der Waals surface area contributed by atoms with Gasteiger partial charge in [-0.05, 0) is 53.8 Å². The lowest BCUT2D eigenvalue weighted by molar-refractivity contribution is -0.117. The third-order valence-electron chi connectivity index (χ3n) is 5.74. The van der Waals surface area contributed by atoms with Crippen molar-refractivity contribution >= 4 is 23.4 Å². The molecule has 0 spiro atoms. The van der Waals surface area contributed by atoms with Crippen molar-refractivity contribution in [3.8, 4) is 11.1 Å². The Balaban J connectivity index is 0.000000461. The summed E-state index contributed by atoms with van der Waals surface area (Å²) < 4.78 is 0. The Bertz CT molecular complexity index is 931. The van der Waals surface area contributed by atoms with E-state index in [1.54, 1.807) is 6.92 Å². The normalized spacial score (nSPS) is 15.1. The highest BCUT2D eigenvalue weighted by Gasteiger charge is 2.24. The zero-order valence-corrected chi connectivity index (χ0v) is 17.6. The van der Waals surface area contributed by atoms with Gasteiger partial charge in [0.1, 0.15) is 0 Å². The van der Waals surface area contributed by atoms with Crippen LogP contribution in [0.3, 0.4) is 0 Å². The van der Waals surface area contributed by atoms with E-state index in [0.717, 1.165) is 40.8 Å². The molecule has 3 N–H and O–H groups in total. The molecule has 1 heterocycles. The summed E-state index contributed by atoms with van der Waals surface area (Å²) in [6.07, 6.45) is 5.55. The predicted molar refractivity (Wildman–Crippen MR) is 118 cm³/mol. The number of nitrogens with zero attached hydrogens (tertiary/aromatic N) is 1. The number of hydrogen-bond donors (Lipinski definition) is 2. The molecule has 0 saturated heterocycles. The Labute approximate surface area is 177 Å². The quantitative estimate of drug-likeness (QED) is 0.808. The van der Waals surface area contributed by atoms with Gasteiger partial charge in [-0.15, -0.1) is 0 Å². The molecule has 1 fully saturated rings. The van der Waals surface area contributed by atoms with Gasteiger partial charge in [-0.2, -0.15) is 0 Å². The van der Waals surface area contributed by atoms with Crippen molar-refractivity contribution < 1.29 is 14.4 Å². The van der Waals surface area contributed by atoms with Gasteiger partial charge in [0.25, 0.3) is 5.91 Å². The average Bonchev–Trinajstić information content (AvgIpc) is 3.41. The zero-order valence-electron chi connectivity index (χ0n) is 17.6. The van der Waals surface area contributed by atoms with E-state index in [1.807, 2.05) is 48.3 Å². The first-order valence-electron chi connectivity index (χ1n) is 10.5. The predicted octanol–water partition coefficient (Wildman–Crippen LogP) is 3.74. The van der Waals surface area contributed by atoms with Crippen molar-refractivity contribution in [2.45, 2.75) is 51.5 Å². The zero-order chi connectivity index (χ0) is 21.7. The number of hydrogen-bond acceptors (Lipinski definition) is 3. The van der Waals surface area contributed by atoms with Crippen LogP contribution in [0.25, 0.3) is 11.1 Å². The molecule has 2 aliphatic rings. The summed E-state index contributed by atoms with van der Waals surface area (Å²) in [7, 11) is 1.91. The van der Waals surface area contributed by atoms with Crippen molar-refractivity contribution in [2.24, 2.45) is 5.73 Å². The van der Waals surface area contributed by atoms with Gasteiger partial charge in [0, 0.05) is 30.8 Å². The highest BCUT2D eigenvalue weighted by atomic mass is 16.2. The van der Waals surface area contributed by atoms with Crippen molar-refractivity contribution in [2.75, 3.05) is 12.4 Å². The van der Waals surface area contributed by atoms with Gasteiger partial charge in [-0.1, -0.05) is 38.0 Å². The smallest absolute Gasteiger partial charge is 0.253 e. The standard InChI is InChI=1S/C21H22N2O2.C3H7NO/c1-23(18-4-2-3-5-18)21(25)15-8-6-14(7-9-15)16-10-11-19-17(12-16)13-20(24)22-19;1-2-3(4)5/h6-12,18H,2-5,13H2,1H3,(H,22,24);2H2,1H3,(H2,4,5). The van der Waals surface area contributed by atoms with E-state index in [-0.39, 0.29) is 17.7 Å². The number of benzene rings is 2. The van der Waals surface area contributed by atoms with E-state index >= 15 is 0 Å². The third kappa shape index (κ3) is 5.06. The van der Waals surface area contributed by atoms with Crippen LogP contribution in [0, 0.1) is 0 Å². The summed E-state index contributed by atoms with van der Waals surface area (Å²) in [5.41, 5.74) is 9.44. The Morgan fingerprint density at radius 3 is 2.27 bits per heavy atom. The third-order valence-corrected chi connectivity index (χ3v) is 5.74. The molecule has 3 amide bonds. The van der Waals surface area contributed by atoms with E-state index < -0.39 is 0 Å². The van der Waals surface area contributed by atoms with Crippen molar-refractivity contribution in [1.29, 1.82) is 0 Å². The highest BCUT2D eigenvalue weighted by molar-refractivity contribution is 6.00. The van der Waals surface area contributed by atoms with Gasteiger partial charge in [-0.3, -0.25) is 14.4 Å². The lowest BCUT2D eigenvalue weighted by atomic mass is 10.00. The molecule has 0 aromatic heterocycles. The van der Waals surface area contributed by atoms with E-state index in [4.69, 9.17) is 0 Å².